The summed E-state index contributed by atoms with van der Waals surface area (Å²) in [5.41, 5.74) is 0.967. The minimum atomic E-state index is -0.752. The summed E-state index contributed by atoms with van der Waals surface area (Å²) < 4.78 is 17.4. The number of hydrogen-bond acceptors (Lipinski definition) is 5. The van der Waals surface area contributed by atoms with Gasteiger partial charge in [-0.15, -0.1) is 0 Å². The van der Waals surface area contributed by atoms with E-state index in [4.69, 9.17) is 13.9 Å². The summed E-state index contributed by atoms with van der Waals surface area (Å²) in [5, 5.41) is 0.855. The zero-order chi connectivity index (χ0) is 20.5. The smallest absolute Gasteiger partial charge is 0.336 e. The van der Waals surface area contributed by atoms with Gasteiger partial charge in [-0.2, -0.15) is 0 Å². The van der Waals surface area contributed by atoms with Gasteiger partial charge in [0.1, 0.15) is 23.0 Å². The summed E-state index contributed by atoms with van der Waals surface area (Å²) in [4.78, 5) is 24.0. The van der Waals surface area contributed by atoms with E-state index in [1.807, 2.05) is 19.9 Å². The minimum absolute atomic E-state index is 0.293. The molecule has 0 fully saturated rings. The summed E-state index contributed by atoms with van der Waals surface area (Å²) in [6.45, 7) is 9.83. The van der Waals surface area contributed by atoms with E-state index in [2.05, 4.69) is 13.8 Å². The van der Waals surface area contributed by atoms with Crippen molar-refractivity contribution in [2.24, 2.45) is 5.92 Å². The number of benzene rings is 1. The van der Waals surface area contributed by atoms with Crippen LogP contribution < -0.4 is 10.4 Å². The van der Waals surface area contributed by atoms with Crippen LogP contribution in [0.25, 0.3) is 11.0 Å². The van der Waals surface area contributed by atoms with Crippen LogP contribution in [0.3, 0.4) is 0 Å². The Morgan fingerprint density at radius 3 is 2.79 bits per heavy atom. The molecule has 1 aliphatic heterocycles. The molecule has 2 heterocycles. The highest BCUT2D eigenvalue weighted by molar-refractivity contribution is 5.88. The van der Waals surface area contributed by atoms with Crippen molar-refractivity contribution in [1.29, 1.82) is 0 Å². The molecule has 0 N–H and O–H groups in total. The van der Waals surface area contributed by atoms with Crippen molar-refractivity contribution >= 4 is 16.9 Å². The van der Waals surface area contributed by atoms with Gasteiger partial charge in [-0.05, 0) is 57.2 Å². The van der Waals surface area contributed by atoms with E-state index in [1.165, 1.54) is 6.07 Å². The van der Waals surface area contributed by atoms with Crippen LogP contribution in [0.4, 0.5) is 0 Å². The Balaban J connectivity index is 1.90. The van der Waals surface area contributed by atoms with Crippen LogP contribution in [0.15, 0.2) is 45.1 Å². The molecular formula is C23H28O5. The van der Waals surface area contributed by atoms with Gasteiger partial charge in [0.05, 0.1) is 0 Å². The Kier molecular flexibility index (Phi) is 5.64. The number of carbonyl (C=O) groups is 1. The highest BCUT2D eigenvalue weighted by Crippen LogP contribution is 2.39. The lowest BCUT2D eigenvalue weighted by Crippen LogP contribution is -2.46. The van der Waals surface area contributed by atoms with Crippen molar-refractivity contribution < 1.29 is 18.7 Å². The maximum atomic E-state index is 12.5. The molecular weight excluding hydrogens is 356 g/mol. The highest BCUT2D eigenvalue weighted by Gasteiger charge is 2.43. The Labute approximate surface area is 165 Å². The first kappa shape index (κ1) is 20.2. The maximum Gasteiger partial charge on any atom is 0.336 e. The van der Waals surface area contributed by atoms with Crippen LogP contribution in [0.5, 0.6) is 5.75 Å². The SMILES string of the molecule is CC=C(C)C(=O)O[C@@](C)(CCC(C)C)[C@H]1Cc2cc3ccc(=O)oc3cc2O1. The molecule has 5 heteroatoms. The summed E-state index contributed by atoms with van der Waals surface area (Å²) in [7, 11) is 0. The molecule has 0 unspecified atom stereocenters. The van der Waals surface area contributed by atoms with Gasteiger partial charge in [0, 0.05) is 29.5 Å². The fourth-order valence-corrected chi connectivity index (χ4v) is 3.41. The predicted molar refractivity (Wildman–Crippen MR) is 109 cm³/mol. The van der Waals surface area contributed by atoms with Crippen molar-refractivity contribution in [3.8, 4) is 5.75 Å². The van der Waals surface area contributed by atoms with Crippen molar-refractivity contribution in [3.05, 3.63) is 51.9 Å². The second-order valence-electron chi connectivity index (χ2n) is 8.17. The molecule has 0 amide bonds. The van der Waals surface area contributed by atoms with Crippen molar-refractivity contribution in [2.45, 2.75) is 65.6 Å². The molecule has 1 aliphatic rings. The van der Waals surface area contributed by atoms with Gasteiger partial charge >= 0.3 is 11.6 Å². The lowest BCUT2D eigenvalue weighted by molar-refractivity contribution is -0.164. The fraction of sp³-hybridized carbons (Fsp3) is 0.478. The molecule has 0 spiro atoms. The van der Waals surface area contributed by atoms with Gasteiger partial charge in [-0.3, -0.25) is 0 Å². The van der Waals surface area contributed by atoms with Gasteiger partial charge in [-0.1, -0.05) is 19.9 Å². The Bertz CT molecular complexity index is 969. The van der Waals surface area contributed by atoms with Crippen LogP contribution in [0.2, 0.25) is 0 Å². The van der Waals surface area contributed by atoms with Crippen LogP contribution in [-0.4, -0.2) is 17.7 Å². The van der Waals surface area contributed by atoms with Crippen molar-refractivity contribution in [2.75, 3.05) is 0 Å². The number of esters is 1. The average Bonchev–Trinajstić information content (AvgIpc) is 3.07. The quantitative estimate of drug-likeness (QED) is 0.407. The van der Waals surface area contributed by atoms with E-state index in [0.29, 0.717) is 35.7 Å². The molecule has 0 aliphatic carbocycles. The molecule has 0 saturated heterocycles. The maximum absolute atomic E-state index is 12.5. The van der Waals surface area contributed by atoms with Crippen LogP contribution in [0.1, 0.15) is 53.0 Å². The summed E-state index contributed by atoms with van der Waals surface area (Å²) in [6, 6.07) is 6.90. The molecule has 2 atom stereocenters. The van der Waals surface area contributed by atoms with E-state index in [1.54, 1.807) is 25.1 Å². The van der Waals surface area contributed by atoms with Gasteiger partial charge in [0.15, 0.2) is 0 Å². The van der Waals surface area contributed by atoms with Crippen LogP contribution in [0, 0.1) is 5.92 Å². The summed E-state index contributed by atoms with van der Waals surface area (Å²) in [5.74, 6) is 0.854. The lowest BCUT2D eigenvalue weighted by atomic mass is 9.87. The first-order valence-corrected chi connectivity index (χ1v) is 9.81. The monoisotopic (exact) mass is 384 g/mol. The van der Waals surface area contributed by atoms with Crippen molar-refractivity contribution in [1.82, 2.24) is 0 Å². The summed E-state index contributed by atoms with van der Waals surface area (Å²) >= 11 is 0. The first-order valence-electron chi connectivity index (χ1n) is 9.81. The molecule has 5 nitrogen and oxygen atoms in total. The van der Waals surface area contributed by atoms with Gasteiger partial charge < -0.3 is 13.9 Å². The van der Waals surface area contributed by atoms with Gasteiger partial charge in [0.2, 0.25) is 0 Å². The number of allylic oxidation sites excluding steroid dienone is 1. The van der Waals surface area contributed by atoms with E-state index in [0.717, 1.165) is 17.4 Å². The van der Waals surface area contributed by atoms with Crippen LogP contribution in [-0.2, 0) is 16.0 Å². The van der Waals surface area contributed by atoms with Gasteiger partial charge in [-0.25, -0.2) is 9.59 Å². The molecule has 1 aromatic carbocycles. The second kappa shape index (κ2) is 7.82. The fourth-order valence-electron chi connectivity index (χ4n) is 3.41. The first-order chi connectivity index (χ1) is 13.2. The zero-order valence-electron chi connectivity index (χ0n) is 17.2. The average molecular weight is 384 g/mol. The number of fused-ring (bicyclic) bond motifs is 2. The number of hydrogen-bond donors (Lipinski definition) is 0. The second-order valence-corrected chi connectivity index (χ2v) is 8.17. The molecule has 28 heavy (non-hydrogen) atoms. The Hall–Kier alpha value is -2.56. The molecule has 0 radical (unpaired) electrons. The Morgan fingerprint density at radius 1 is 1.36 bits per heavy atom. The van der Waals surface area contributed by atoms with E-state index >= 15 is 0 Å². The normalized spacial score (nSPS) is 18.6. The topological polar surface area (TPSA) is 65.7 Å². The van der Waals surface area contributed by atoms with Gasteiger partial charge in [0.25, 0.3) is 0 Å². The Morgan fingerprint density at radius 2 is 2.11 bits per heavy atom. The summed E-state index contributed by atoms with van der Waals surface area (Å²) in [6.07, 6.45) is 3.73. The largest absolute Gasteiger partial charge is 0.485 e. The van der Waals surface area contributed by atoms with Crippen molar-refractivity contribution in [3.63, 3.8) is 0 Å². The zero-order valence-corrected chi connectivity index (χ0v) is 17.2. The lowest BCUT2D eigenvalue weighted by Gasteiger charge is -2.35. The highest BCUT2D eigenvalue weighted by atomic mass is 16.6. The molecule has 2 aromatic rings. The number of ether oxygens (including phenoxy) is 2. The molecule has 1 aromatic heterocycles. The molecule has 0 saturated carbocycles. The molecule has 150 valence electrons. The standard InChI is InChI=1S/C23H28O5/c1-6-15(4)22(25)28-23(5,10-9-14(2)3)20-12-17-11-16-7-8-21(24)27-18(16)13-19(17)26-20/h6-8,11,13-14,20H,9-10,12H2,1-5H3/t20-,23+/m1/s1. The third-order valence-corrected chi connectivity index (χ3v) is 5.46. The van der Waals surface area contributed by atoms with E-state index in [9.17, 15) is 9.59 Å². The number of rotatable bonds is 6. The van der Waals surface area contributed by atoms with E-state index < -0.39 is 5.60 Å². The van der Waals surface area contributed by atoms with E-state index in [-0.39, 0.29) is 17.7 Å². The molecule has 0 bridgehead atoms. The third-order valence-electron chi connectivity index (χ3n) is 5.46. The molecule has 3 rings (SSSR count). The minimum Gasteiger partial charge on any atom is -0.485 e. The predicted octanol–water partition coefficient (Wildman–Crippen LogP) is 4.80. The third kappa shape index (κ3) is 4.13. The van der Waals surface area contributed by atoms with Crippen LogP contribution >= 0.6 is 0 Å². The number of carbonyl (C=O) groups excluding carboxylic acids is 1.